The van der Waals surface area contributed by atoms with Crippen molar-refractivity contribution in [3.05, 3.63) is 0 Å². The van der Waals surface area contributed by atoms with Gasteiger partial charge in [0.05, 0.1) is 11.4 Å². The van der Waals surface area contributed by atoms with Gasteiger partial charge in [-0.3, -0.25) is 4.79 Å². The minimum atomic E-state index is -3.12. The largest absolute Gasteiger partial charge is 0.375 e. The molecule has 146 valence electrons. The van der Waals surface area contributed by atoms with Gasteiger partial charge < -0.3 is 14.4 Å². The molecule has 1 unspecified atom stereocenters. The minimum Gasteiger partial charge on any atom is -0.375 e. The summed E-state index contributed by atoms with van der Waals surface area (Å²) in [5.41, 5.74) is -0.215. The van der Waals surface area contributed by atoms with Gasteiger partial charge in [-0.15, -0.1) is 0 Å². The Morgan fingerprint density at radius 2 is 2.00 bits per heavy atom. The lowest BCUT2D eigenvalue weighted by molar-refractivity contribution is -0.133. The Balaban J connectivity index is 1.82. The van der Waals surface area contributed by atoms with Crippen molar-refractivity contribution in [2.75, 3.05) is 52.8 Å². The fourth-order valence-corrected chi connectivity index (χ4v) is 5.30. The Bertz CT molecular complexity index is 541. The smallest absolute Gasteiger partial charge is 0.248 e. The fourth-order valence-electron chi connectivity index (χ4n) is 3.79. The van der Waals surface area contributed by atoms with Gasteiger partial charge in [-0.05, 0) is 38.0 Å². The monoisotopic (exact) mass is 376 g/mol. The number of ether oxygens (including phenoxy) is 2. The standard InChI is InChI=1S/C17H32N2O5S/c1-4-13-25(21,22)19-9-7-17(8-10-19)15(6-12-24-17)5-11-23-14-16(20)18(2)3/h15H,4-14H2,1-3H3. The first-order valence-corrected chi connectivity index (χ1v) is 10.8. The molecule has 1 atom stereocenters. The van der Waals surface area contributed by atoms with Crippen LogP contribution in [0.3, 0.4) is 0 Å². The number of hydrogen-bond donors (Lipinski definition) is 0. The molecule has 8 heteroatoms. The summed E-state index contributed by atoms with van der Waals surface area (Å²) in [5, 5.41) is 0. The van der Waals surface area contributed by atoms with Crippen LogP contribution in [0.1, 0.15) is 39.0 Å². The van der Waals surface area contributed by atoms with E-state index in [2.05, 4.69) is 0 Å². The summed E-state index contributed by atoms with van der Waals surface area (Å²) in [5.74, 6) is 0.558. The lowest BCUT2D eigenvalue weighted by atomic mass is 9.78. The molecule has 2 aliphatic rings. The van der Waals surface area contributed by atoms with Crippen molar-refractivity contribution in [3.8, 4) is 0 Å². The molecule has 2 aliphatic heterocycles. The lowest BCUT2D eigenvalue weighted by Crippen LogP contribution is -2.50. The second-order valence-corrected chi connectivity index (χ2v) is 9.33. The molecule has 25 heavy (non-hydrogen) atoms. The number of amides is 1. The van der Waals surface area contributed by atoms with Crippen LogP contribution < -0.4 is 0 Å². The Morgan fingerprint density at radius 3 is 2.60 bits per heavy atom. The average Bonchev–Trinajstić information content (AvgIpc) is 2.93. The highest BCUT2D eigenvalue weighted by Gasteiger charge is 2.47. The number of likely N-dealkylation sites (N-methyl/N-ethyl adjacent to an activating group) is 1. The first kappa shape index (κ1) is 20.6. The van der Waals surface area contributed by atoms with Gasteiger partial charge in [-0.2, -0.15) is 0 Å². The molecule has 1 amide bonds. The summed E-state index contributed by atoms with van der Waals surface area (Å²) >= 11 is 0. The van der Waals surface area contributed by atoms with Crippen LogP contribution in [0.25, 0.3) is 0 Å². The van der Waals surface area contributed by atoms with Crippen LogP contribution in [0.15, 0.2) is 0 Å². The van der Waals surface area contributed by atoms with Gasteiger partial charge in [-0.1, -0.05) is 6.92 Å². The van der Waals surface area contributed by atoms with Crippen LogP contribution in [-0.4, -0.2) is 81.9 Å². The Kier molecular flexibility index (Phi) is 7.25. The van der Waals surface area contributed by atoms with Crippen molar-refractivity contribution >= 4 is 15.9 Å². The fraction of sp³-hybridized carbons (Fsp3) is 0.941. The number of nitrogens with zero attached hydrogens (tertiary/aromatic N) is 2. The topological polar surface area (TPSA) is 76.1 Å². The van der Waals surface area contributed by atoms with Crippen molar-refractivity contribution in [2.24, 2.45) is 5.92 Å². The summed E-state index contributed by atoms with van der Waals surface area (Å²) in [6.07, 6.45) is 3.97. The van der Waals surface area contributed by atoms with Gasteiger partial charge >= 0.3 is 0 Å². The molecule has 0 aromatic carbocycles. The molecular formula is C17H32N2O5S. The highest BCUT2D eigenvalue weighted by Crippen LogP contribution is 2.42. The van der Waals surface area contributed by atoms with E-state index in [-0.39, 0.29) is 23.9 Å². The average molecular weight is 377 g/mol. The first-order valence-electron chi connectivity index (χ1n) is 9.20. The normalized spacial score (nSPS) is 23.9. The molecule has 0 aliphatic carbocycles. The Hall–Kier alpha value is -0.700. The zero-order valence-electron chi connectivity index (χ0n) is 15.7. The molecule has 0 aromatic heterocycles. The van der Waals surface area contributed by atoms with Gasteiger partial charge in [-0.25, -0.2) is 12.7 Å². The van der Waals surface area contributed by atoms with Crippen molar-refractivity contribution in [2.45, 2.75) is 44.6 Å². The molecule has 2 heterocycles. The number of carbonyl (C=O) groups excluding carboxylic acids is 1. The van der Waals surface area contributed by atoms with E-state index < -0.39 is 10.0 Å². The summed E-state index contributed by atoms with van der Waals surface area (Å²) < 4.78 is 37.7. The molecule has 0 N–H and O–H groups in total. The Labute approximate surface area is 151 Å². The molecule has 0 radical (unpaired) electrons. The molecule has 0 aromatic rings. The third kappa shape index (κ3) is 5.15. The van der Waals surface area contributed by atoms with Crippen LogP contribution in [0.4, 0.5) is 0 Å². The summed E-state index contributed by atoms with van der Waals surface area (Å²) in [7, 11) is 0.304. The van der Waals surface area contributed by atoms with Gasteiger partial charge in [0.25, 0.3) is 0 Å². The molecule has 7 nitrogen and oxygen atoms in total. The van der Waals surface area contributed by atoms with E-state index in [0.29, 0.717) is 32.0 Å². The third-order valence-electron chi connectivity index (χ3n) is 5.36. The van der Waals surface area contributed by atoms with Gasteiger partial charge in [0, 0.05) is 40.4 Å². The van der Waals surface area contributed by atoms with Crippen molar-refractivity contribution in [1.29, 1.82) is 0 Å². The van der Waals surface area contributed by atoms with Crippen LogP contribution in [0, 0.1) is 5.92 Å². The number of hydrogen-bond acceptors (Lipinski definition) is 5. The molecule has 2 rings (SSSR count). The maximum absolute atomic E-state index is 12.2. The second kappa shape index (κ2) is 8.79. The van der Waals surface area contributed by atoms with Gasteiger partial charge in [0.15, 0.2) is 0 Å². The van der Waals surface area contributed by atoms with Crippen molar-refractivity contribution in [3.63, 3.8) is 0 Å². The summed E-state index contributed by atoms with van der Waals surface area (Å²) in [6.45, 7) is 4.34. The van der Waals surface area contributed by atoms with Crippen LogP contribution >= 0.6 is 0 Å². The molecule has 1 spiro atoms. The zero-order chi connectivity index (χ0) is 18.5. The Morgan fingerprint density at radius 1 is 1.32 bits per heavy atom. The molecular weight excluding hydrogens is 344 g/mol. The predicted octanol–water partition coefficient (Wildman–Crippen LogP) is 1.09. The highest BCUT2D eigenvalue weighted by atomic mass is 32.2. The van der Waals surface area contributed by atoms with Gasteiger partial charge in [0.1, 0.15) is 6.61 Å². The van der Waals surface area contributed by atoms with Crippen LogP contribution in [0.2, 0.25) is 0 Å². The van der Waals surface area contributed by atoms with E-state index >= 15 is 0 Å². The second-order valence-electron chi connectivity index (χ2n) is 7.24. The quantitative estimate of drug-likeness (QED) is 0.593. The lowest BCUT2D eigenvalue weighted by Gasteiger charge is -2.41. The first-order chi connectivity index (χ1) is 11.8. The van der Waals surface area contributed by atoms with E-state index in [1.807, 2.05) is 6.92 Å². The minimum absolute atomic E-state index is 0.0353. The van der Waals surface area contributed by atoms with Gasteiger partial charge in [0.2, 0.25) is 15.9 Å². The highest BCUT2D eigenvalue weighted by molar-refractivity contribution is 7.89. The zero-order valence-corrected chi connectivity index (χ0v) is 16.5. The third-order valence-corrected chi connectivity index (χ3v) is 7.44. The SMILES string of the molecule is CCCS(=O)(=O)N1CCC2(CC1)OCCC2CCOCC(=O)N(C)C. The number of piperidine rings is 1. The van der Waals surface area contributed by atoms with Crippen molar-refractivity contribution in [1.82, 2.24) is 9.21 Å². The van der Waals surface area contributed by atoms with E-state index in [0.717, 1.165) is 32.3 Å². The number of carbonyl (C=O) groups is 1. The summed E-state index contributed by atoms with van der Waals surface area (Å²) in [6, 6.07) is 0. The maximum Gasteiger partial charge on any atom is 0.248 e. The predicted molar refractivity (Wildman–Crippen MR) is 95.8 cm³/mol. The number of rotatable bonds is 8. The molecule has 0 bridgehead atoms. The number of sulfonamides is 1. The molecule has 2 saturated heterocycles. The van der Waals surface area contributed by atoms with E-state index in [4.69, 9.17) is 9.47 Å². The maximum atomic E-state index is 12.2. The van der Waals surface area contributed by atoms with E-state index in [1.54, 1.807) is 18.4 Å². The molecule has 2 fully saturated rings. The molecule has 0 saturated carbocycles. The van der Waals surface area contributed by atoms with E-state index in [9.17, 15) is 13.2 Å². The van der Waals surface area contributed by atoms with Crippen LogP contribution in [-0.2, 0) is 24.3 Å². The van der Waals surface area contributed by atoms with Crippen LogP contribution in [0.5, 0.6) is 0 Å². The van der Waals surface area contributed by atoms with Crippen molar-refractivity contribution < 1.29 is 22.7 Å². The van der Waals surface area contributed by atoms with E-state index in [1.165, 1.54) is 4.90 Å². The summed E-state index contributed by atoms with van der Waals surface area (Å²) in [4.78, 5) is 13.1.